The summed E-state index contributed by atoms with van der Waals surface area (Å²) in [5.74, 6) is -0.545. The van der Waals surface area contributed by atoms with Gasteiger partial charge in [0.05, 0.1) is 4.90 Å². The first kappa shape index (κ1) is 14.1. The molecule has 3 N–H and O–H groups in total. The second-order valence-corrected chi connectivity index (χ2v) is 6.14. The third-order valence-corrected chi connectivity index (χ3v) is 4.49. The number of carbonyl (C=O) groups excluding carboxylic acids is 1. The van der Waals surface area contributed by atoms with Crippen molar-refractivity contribution in [3.63, 3.8) is 0 Å². The van der Waals surface area contributed by atoms with Crippen LogP contribution >= 0.6 is 15.9 Å². The quantitative estimate of drug-likeness (QED) is 0.845. The number of amides is 1. The first-order chi connectivity index (χ1) is 7.83. The van der Waals surface area contributed by atoms with Gasteiger partial charge in [-0.15, -0.1) is 0 Å². The van der Waals surface area contributed by atoms with Gasteiger partial charge in [-0.1, -0.05) is 6.07 Å². The van der Waals surface area contributed by atoms with Gasteiger partial charge in [0.1, 0.15) is 0 Å². The zero-order valence-corrected chi connectivity index (χ0v) is 11.6. The van der Waals surface area contributed by atoms with Gasteiger partial charge in [-0.05, 0) is 40.5 Å². The summed E-state index contributed by atoms with van der Waals surface area (Å²) in [6, 6.07) is 5.02. The summed E-state index contributed by atoms with van der Waals surface area (Å²) in [4.78, 5) is 10.7. The highest BCUT2D eigenvalue weighted by atomic mass is 79.9. The lowest BCUT2D eigenvalue weighted by atomic mass is 10.2. The monoisotopic (exact) mass is 320 g/mol. The molecule has 0 fully saturated rings. The van der Waals surface area contributed by atoms with Crippen LogP contribution in [-0.2, 0) is 14.8 Å². The number of nitrogens with one attached hydrogen (secondary N) is 1. The topological polar surface area (TPSA) is 89.3 Å². The van der Waals surface area contributed by atoms with E-state index in [2.05, 4.69) is 20.7 Å². The third-order valence-electron chi connectivity index (χ3n) is 2.04. The van der Waals surface area contributed by atoms with Crippen LogP contribution in [0.2, 0.25) is 0 Å². The molecule has 0 saturated heterocycles. The van der Waals surface area contributed by atoms with Crippen LogP contribution in [0.25, 0.3) is 0 Å². The van der Waals surface area contributed by atoms with E-state index in [1.807, 2.05) is 0 Å². The van der Waals surface area contributed by atoms with E-state index in [1.54, 1.807) is 25.1 Å². The molecule has 0 spiro atoms. The Bertz CT molecular complexity index is 528. The third kappa shape index (κ3) is 4.10. The van der Waals surface area contributed by atoms with Crippen molar-refractivity contribution < 1.29 is 13.2 Å². The zero-order chi connectivity index (χ0) is 13.1. The van der Waals surface area contributed by atoms with Crippen molar-refractivity contribution in [2.75, 3.05) is 6.54 Å². The fraction of sp³-hybridized carbons (Fsp3) is 0.300. The van der Waals surface area contributed by atoms with Crippen LogP contribution < -0.4 is 10.5 Å². The Morgan fingerprint density at radius 2 is 2.12 bits per heavy atom. The lowest BCUT2D eigenvalue weighted by Gasteiger charge is -2.08. The molecule has 17 heavy (non-hydrogen) atoms. The van der Waals surface area contributed by atoms with Gasteiger partial charge >= 0.3 is 0 Å². The first-order valence-corrected chi connectivity index (χ1v) is 7.14. The summed E-state index contributed by atoms with van der Waals surface area (Å²) in [6.07, 6.45) is -0.0251. The number of benzene rings is 1. The SMILES string of the molecule is Cc1ccc(Br)c(S(=O)(=O)NCCC(N)=O)c1. The molecular formula is C10H13BrN2O3S. The van der Waals surface area contributed by atoms with Crippen LogP contribution in [0.1, 0.15) is 12.0 Å². The molecule has 5 nitrogen and oxygen atoms in total. The van der Waals surface area contributed by atoms with E-state index in [0.717, 1.165) is 5.56 Å². The van der Waals surface area contributed by atoms with Crippen LogP contribution in [0.5, 0.6) is 0 Å². The van der Waals surface area contributed by atoms with Crippen molar-refractivity contribution in [3.8, 4) is 0 Å². The minimum atomic E-state index is -3.61. The molecule has 0 radical (unpaired) electrons. The molecule has 0 heterocycles. The maximum absolute atomic E-state index is 11.9. The molecule has 0 aromatic heterocycles. The number of hydrogen-bond donors (Lipinski definition) is 2. The number of sulfonamides is 1. The Morgan fingerprint density at radius 1 is 1.47 bits per heavy atom. The normalized spacial score (nSPS) is 11.4. The minimum Gasteiger partial charge on any atom is -0.370 e. The number of rotatable bonds is 5. The van der Waals surface area contributed by atoms with Gasteiger partial charge in [0.15, 0.2) is 0 Å². The Morgan fingerprint density at radius 3 is 2.71 bits per heavy atom. The van der Waals surface area contributed by atoms with E-state index in [0.29, 0.717) is 4.47 Å². The molecule has 1 amide bonds. The number of primary amides is 1. The second-order valence-electron chi connectivity index (χ2n) is 3.55. The molecule has 1 aromatic carbocycles. The van der Waals surface area contributed by atoms with E-state index in [9.17, 15) is 13.2 Å². The highest BCUT2D eigenvalue weighted by molar-refractivity contribution is 9.10. The van der Waals surface area contributed by atoms with E-state index in [-0.39, 0.29) is 17.9 Å². The molecular weight excluding hydrogens is 308 g/mol. The summed E-state index contributed by atoms with van der Waals surface area (Å²) in [6.45, 7) is 1.80. The molecule has 7 heteroatoms. The smallest absolute Gasteiger partial charge is 0.241 e. The zero-order valence-electron chi connectivity index (χ0n) is 9.23. The number of carbonyl (C=O) groups is 1. The van der Waals surface area contributed by atoms with Gasteiger partial charge in [-0.3, -0.25) is 4.79 Å². The number of nitrogens with two attached hydrogens (primary N) is 1. The average Bonchev–Trinajstić information content (AvgIpc) is 2.20. The summed E-state index contributed by atoms with van der Waals surface area (Å²) in [5, 5.41) is 0. The predicted molar refractivity (Wildman–Crippen MR) is 67.9 cm³/mol. The molecule has 0 unspecified atom stereocenters. The molecule has 1 aromatic rings. The minimum absolute atomic E-state index is 0.00194. The summed E-state index contributed by atoms with van der Waals surface area (Å²) < 4.78 is 26.6. The standard InChI is InChI=1S/C10H13BrN2O3S/c1-7-2-3-8(11)9(6-7)17(15,16)13-5-4-10(12)14/h2-3,6,13H,4-5H2,1H3,(H2,12,14). The van der Waals surface area contributed by atoms with Crippen LogP contribution in [0.15, 0.2) is 27.6 Å². The Kier molecular flexibility index (Phi) is 4.67. The summed E-state index contributed by atoms with van der Waals surface area (Å²) in [7, 11) is -3.61. The van der Waals surface area contributed by atoms with Crippen molar-refractivity contribution in [1.82, 2.24) is 4.72 Å². The molecule has 1 rings (SSSR count). The number of aryl methyl sites for hydroxylation is 1. The van der Waals surface area contributed by atoms with Crippen LogP contribution in [0, 0.1) is 6.92 Å². The van der Waals surface area contributed by atoms with Crippen molar-refractivity contribution in [2.45, 2.75) is 18.2 Å². The fourth-order valence-corrected chi connectivity index (χ4v) is 3.28. The average molecular weight is 321 g/mol. The largest absolute Gasteiger partial charge is 0.370 e. The van der Waals surface area contributed by atoms with Crippen molar-refractivity contribution in [3.05, 3.63) is 28.2 Å². The summed E-state index contributed by atoms with van der Waals surface area (Å²) in [5.41, 5.74) is 5.77. The lowest BCUT2D eigenvalue weighted by molar-refractivity contribution is -0.117. The Labute approximate surface area is 109 Å². The molecule has 0 aliphatic rings. The fourth-order valence-electron chi connectivity index (χ4n) is 1.20. The van der Waals surface area contributed by atoms with E-state index in [4.69, 9.17) is 5.73 Å². The van der Waals surface area contributed by atoms with Gasteiger partial charge in [0, 0.05) is 17.4 Å². The highest BCUT2D eigenvalue weighted by Gasteiger charge is 2.17. The molecule has 0 atom stereocenters. The maximum atomic E-state index is 11.9. The first-order valence-electron chi connectivity index (χ1n) is 4.87. The number of halogens is 1. The summed E-state index contributed by atoms with van der Waals surface area (Å²) >= 11 is 3.18. The van der Waals surface area contributed by atoms with Gasteiger partial charge in [-0.25, -0.2) is 13.1 Å². The van der Waals surface area contributed by atoms with Crippen molar-refractivity contribution >= 4 is 31.9 Å². The maximum Gasteiger partial charge on any atom is 0.241 e. The van der Waals surface area contributed by atoms with Gasteiger partial charge in [0.2, 0.25) is 15.9 Å². The second kappa shape index (κ2) is 5.61. The van der Waals surface area contributed by atoms with Gasteiger partial charge in [-0.2, -0.15) is 0 Å². The van der Waals surface area contributed by atoms with E-state index >= 15 is 0 Å². The molecule has 94 valence electrons. The lowest BCUT2D eigenvalue weighted by Crippen LogP contribution is -2.28. The molecule has 0 bridgehead atoms. The van der Waals surface area contributed by atoms with Crippen LogP contribution in [-0.4, -0.2) is 20.9 Å². The van der Waals surface area contributed by atoms with Crippen molar-refractivity contribution in [1.29, 1.82) is 0 Å². The van der Waals surface area contributed by atoms with Crippen LogP contribution in [0.3, 0.4) is 0 Å². The van der Waals surface area contributed by atoms with Gasteiger partial charge < -0.3 is 5.73 Å². The molecule has 0 aliphatic carbocycles. The Balaban J connectivity index is 2.89. The molecule has 0 saturated carbocycles. The van der Waals surface area contributed by atoms with E-state index in [1.165, 1.54) is 0 Å². The predicted octanol–water partition coefficient (Wildman–Crippen LogP) is 0.911. The Hall–Kier alpha value is -0.920. The highest BCUT2D eigenvalue weighted by Crippen LogP contribution is 2.22. The molecule has 0 aliphatic heterocycles. The van der Waals surface area contributed by atoms with Gasteiger partial charge in [0.25, 0.3) is 0 Å². The number of hydrogen-bond acceptors (Lipinski definition) is 3. The van der Waals surface area contributed by atoms with Crippen molar-refractivity contribution in [2.24, 2.45) is 5.73 Å². The van der Waals surface area contributed by atoms with E-state index < -0.39 is 15.9 Å². The van der Waals surface area contributed by atoms with Crippen LogP contribution in [0.4, 0.5) is 0 Å².